The molecule has 0 spiro atoms. The summed E-state index contributed by atoms with van der Waals surface area (Å²) >= 11 is 3.23. The molecule has 2 rings (SSSR count). The molecule has 1 aromatic carbocycles. The van der Waals surface area contributed by atoms with Crippen molar-refractivity contribution in [2.24, 2.45) is 0 Å². The summed E-state index contributed by atoms with van der Waals surface area (Å²) in [6, 6.07) is 3.99. The molecule has 0 aliphatic rings. The van der Waals surface area contributed by atoms with E-state index in [4.69, 9.17) is 0 Å². The number of benzene rings is 1. The molecule has 2 aromatic rings. The first-order chi connectivity index (χ1) is 11.3. The summed E-state index contributed by atoms with van der Waals surface area (Å²) in [7, 11) is 0. The number of carbonyl (C=O) groups excluding carboxylic acids is 1. The van der Waals surface area contributed by atoms with Crippen molar-refractivity contribution < 1.29 is 18.3 Å². The van der Waals surface area contributed by atoms with Crippen LogP contribution in [0.1, 0.15) is 41.5 Å². The van der Waals surface area contributed by atoms with Gasteiger partial charge in [0, 0.05) is 22.3 Å². The Morgan fingerprint density at radius 1 is 1.46 bits per heavy atom. The number of aromatic nitrogens is 2. The zero-order valence-corrected chi connectivity index (χ0v) is 15.1. The second-order valence-electron chi connectivity index (χ2n) is 5.22. The molecule has 130 valence electrons. The Kier molecular flexibility index (Phi) is 5.93. The van der Waals surface area contributed by atoms with Gasteiger partial charge in [0.05, 0.1) is 17.8 Å². The molecule has 0 saturated carbocycles. The molecule has 5 nitrogen and oxygen atoms in total. The zero-order valence-electron chi connectivity index (χ0n) is 13.5. The van der Waals surface area contributed by atoms with E-state index >= 15 is 0 Å². The second kappa shape index (κ2) is 7.74. The highest BCUT2D eigenvalue weighted by Crippen LogP contribution is 2.26. The summed E-state index contributed by atoms with van der Waals surface area (Å²) in [4.78, 5) is 12.5. The standard InChI is InChI=1S/C16H18BrF2N3O2/c1-4-22-10(3)13(8-20-22)9(2)21-15(23)12-7-11(17)5-6-14(12)24-16(18)19/h5-9,16H,4H2,1-3H3,(H,21,23). The maximum Gasteiger partial charge on any atom is 0.387 e. The van der Waals surface area contributed by atoms with Gasteiger partial charge in [-0.25, -0.2) is 0 Å². The molecule has 0 aliphatic carbocycles. The average molecular weight is 402 g/mol. The first-order valence-corrected chi connectivity index (χ1v) is 8.20. The van der Waals surface area contributed by atoms with Crippen LogP contribution in [0.4, 0.5) is 8.78 Å². The lowest BCUT2D eigenvalue weighted by molar-refractivity contribution is -0.0501. The van der Waals surface area contributed by atoms with Gasteiger partial charge in [-0.15, -0.1) is 0 Å². The molecule has 24 heavy (non-hydrogen) atoms. The summed E-state index contributed by atoms with van der Waals surface area (Å²) in [5.41, 5.74) is 1.86. The number of nitrogens with one attached hydrogen (secondary N) is 1. The number of halogens is 3. The zero-order chi connectivity index (χ0) is 17.9. The number of rotatable bonds is 6. The van der Waals surface area contributed by atoms with E-state index in [1.54, 1.807) is 6.20 Å². The van der Waals surface area contributed by atoms with Crippen LogP contribution in [0.15, 0.2) is 28.9 Å². The van der Waals surface area contributed by atoms with Crippen molar-refractivity contribution in [2.75, 3.05) is 0 Å². The SMILES string of the molecule is CCn1ncc(C(C)NC(=O)c2cc(Br)ccc2OC(F)F)c1C. The van der Waals surface area contributed by atoms with E-state index in [9.17, 15) is 13.6 Å². The van der Waals surface area contributed by atoms with Crippen LogP contribution in [0.2, 0.25) is 0 Å². The van der Waals surface area contributed by atoms with Gasteiger partial charge in [0.1, 0.15) is 5.75 Å². The predicted octanol–water partition coefficient (Wildman–Crippen LogP) is 4.07. The molecule has 1 heterocycles. The highest BCUT2D eigenvalue weighted by molar-refractivity contribution is 9.10. The first-order valence-electron chi connectivity index (χ1n) is 7.41. The Morgan fingerprint density at radius 3 is 2.75 bits per heavy atom. The van der Waals surface area contributed by atoms with Gasteiger partial charge >= 0.3 is 6.61 Å². The number of hydrogen-bond acceptors (Lipinski definition) is 3. The fourth-order valence-electron chi connectivity index (χ4n) is 2.44. The molecule has 1 aromatic heterocycles. The van der Waals surface area contributed by atoms with Gasteiger partial charge in [-0.3, -0.25) is 9.48 Å². The largest absolute Gasteiger partial charge is 0.434 e. The maximum atomic E-state index is 12.5. The molecule has 1 amide bonds. The third kappa shape index (κ3) is 4.11. The summed E-state index contributed by atoms with van der Waals surface area (Å²) in [6.07, 6.45) is 1.70. The monoisotopic (exact) mass is 401 g/mol. The number of carbonyl (C=O) groups is 1. The summed E-state index contributed by atoms with van der Waals surface area (Å²) < 4.78 is 31.9. The fraction of sp³-hybridized carbons (Fsp3) is 0.375. The number of amides is 1. The molecule has 0 bridgehead atoms. The smallest absolute Gasteiger partial charge is 0.387 e. The predicted molar refractivity (Wildman–Crippen MR) is 89.3 cm³/mol. The molecule has 0 fully saturated rings. The number of aryl methyl sites for hydroxylation is 1. The van der Waals surface area contributed by atoms with Gasteiger partial charge in [-0.1, -0.05) is 15.9 Å². The van der Waals surface area contributed by atoms with Gasteiger partial charge in [-0.2, -0.15) is 13.9 Å². The Balaban J connectivity index is 2.22. The van der Waals surface area contributed by atoms with Crippen LogP contribution in [0.5, 0.6) is 5.75 Å². The lowest BCUT2D eigenvalue weighted by atomic mass is 10.1. The molecule has 0 radical (unpaired) electrons. The maximum absolute atomic E-state index is 12.5. The van der Waals surface area contributed by atoms with E-state index < -0.39 is 12.5 Å². The fourth-order valence-corrected chi connectivity index (χ4v) is 2.80. The van der Waals surface area contributed by atoms with Crippen molar-refractivity contribution in [1.82, 2.24) is 15.1 Å². The van der Waals surface area contributed by atoms with Crippen molar-refractivity contribution in [2.45, 2.75) is 40.0 Å². The van der Waals surface area contributed by atoms with Crippen LogP contribution in [0.25, 0.3) is 0 Å². The summed E-state index contributed by atoms with van der Waals surface area (Å²) in [6.45, 7) is 3.43. The average Bonchev–Trinajstić information content (AvgIpc) is 2.89. The molecular weight excluding hydrogens is 384 g/mol. The van der Waals surface area contributed by atoms with Gasteiger partial charge in [0.25, 0.3) is 5.91 Å². The highest BCUT2D eigenvalue weighted by Gasteiger charge is 2.20. The third-order valence-electron chi connectivity index (χ3n) is 3.66. The lowest BCUT2D eigenvalue weighted by Gasteiger charge is -2.16. The quantitative estimate of drug-likeness (QED) is 0.793. The minimum absolute atomic E-state index is 0.0389. The van der Waals surface area contributed by atoms with E-state index in [-0.39, 0.29) is 17.4 Å². The van der Waals surface area contributed by atoms with E-state index in [0.717, 1.165) is 17.8 Å². The van der Waals surface area contributed by atoms with Crippen molar-refractivity contribution in [3.63, 3.8) is 0 Å². The minimum atomic E-state index is -3.00. The van der Waals surface area contributed by atoms with Crippen LogP contribution >= 0.6 is 15.9 Å². The van der Waals surface area contributed by atoms with Crippen molar-refractivity contribution in [3.8, 4) is 5.75 Å². The van der Waals surface area contributed by atoms with E-state index in [1.807, 2.05) is 25.5 Å². The number of hydrogen-bond donors (Lipinski definition) is 1. The van der Waals surface area contributed by atoms with E-state index in [0.29, 0.717) is 4.47 Å². The van der Waals surface area contributed by atoms with Crippen molar-refractivity contribution >= 4 is 21.8 Å². The summed E-state index contributed by atoms with van der Waals surface area (Å²) in [5.74, 6) is -0.665. The van der Waals surface area contributed by atoms with Crippen LogP contribution in [-0.4, -0.2) is 22.3 Å². The van der Waals surface area contributed by atoms with Crippen LogP contribution in [0.3, 0.4) is 0 Å². The minimum Gasteiger partial charge on any atom is -0.434 e. The second-order valence-corrected chi connectivity index (χ2v) is 6.13. The van der Waals surface area contributed by atoms with Crippen LogP contribution in [0, 0.1) is 6.92 Å². The van der Waals surface area contributed by atoms with Crippen molar-refractivity contribution in [3.05, 3.63) is 45.7 Å². The molecule has 0 saturated heterocycles. The van der Waals surface area contributed by atoms with Crippen LogP contribution < -0.4 is 10.1 Å². The van der Waals surface area contributed by atoms with E-state index in [2.05, 4.69) is 31.1 Å². The van der Waals surface area contributed by atoms with Crippen LogP contribution in [-0.2, 0) is 6.54 Å². The molecule has 8 heteroatoms. The number of nitrogens with zero attached hydrogens (tertiary/aromatic N) is 2. The van der Waals surface area contributed by atoms with E-state index in [1.165, 1.54) is 18.2 Å². The number of ether oxygens (including phenoxy) is 1. The Morgan fingerprint density at radius 2 is 2.17 bits per heavy atom. The Bertz CT molecular complexity index is 734. The molecular formula is C16H18BrF2N3O2. The first kappa shape index (κ1) is 18.4. The molecule has 1 atom stereocenters. The molecule has 1 unspecified atom stereocenters. The number of alkyl halides is 2. The van der Waals surface area contributed by atoms with Gasteiger partial charge in [0.2, 0.25) is 0 Å². The third-order valence-corrected chi connectivity index (χ3v) is 4.15. The lowest BCUT2D eigenvalue weighted by Crippen LogP contribution is -2.27. The summed E-state index contributed by atoms with van der Waals surface area (Å²) in [5, 5.41) is 7.03. The molecule has 0 aliphatic heterocycles. The normalized spacial score (nSPS) is 12.3. The van der Waals surface area contributed by atoms with Gasteiger partial charge < -0.3 is 10.1 Å². The topological polar surface area (TPSA) is 56.2 Å². The Labute approximate surface area is 147 Å². The highest BCUT2D eigenvalue weighted by atomic mass is 79.9. The molecule has 1 N–H and O–H groups in total. The van der Waals surface area contributed by atoms with Gasteiger partial charge in [-0.05, 0) is 39.0 Å². The van der Waals surface area contributed by atoms with Crippen molar-refractivity contribution in [1.29, 1.82) is 0 Å². The van der Waals surface area contributed by atoms with Gasteiger partial charge in [0.15, 0.2) is 0 Å². The Hall–Kier alpha value is -1.96.